The smallest absolute Gasteiger partial charge is 0.135 e. The highest BCUT2D eigenvalue weighted by Gasteiger charge is 2.22. The SMILES string of the molecule is Cc1ccc2c(n1)/C(=N/OCC(C)(C)CO/N=C(\c1ccccc1)c1ccccn1)CCC2. The Balaban J connectivity index is 1.40. The molecule has 0 atom stereocenters. The van der Waals surface area contributed by atoms with Gasteiger partial charge in [-0.05, 0) is 49.9 Å². The fourth-order valence-electron chi connectivity index (χ4n) is 3.64. The monoisotopic (exact) mass is 442 g/mol. The molecule has 0 radical (unpaired) electrons. The van der Waals surface area contributed by atoms with E-state index in [2.05, 4.69) is 46.3 Å². The van der Waals surface area contributed by atoms with E-state index in [0.29, 0.717) is 18.9 Å². The number of aromatic nitrogens is 2. The zero-order valence-corrected chi connectivity index (χ0v) is 19.5. The fraction of sp³-hybridized carbons (Fsp3) is 0.333. The average molecular weight is 443 g/mol. The highest BCUT2D eigenvalue weighted by molar-refractivity contribution is 6.11. The van der Waals surface area contributed by atoms with Crippen LogP contribution in [0.4, 0.5) is 0 Å². The van der Waals surface area contributed by atoms with Gasteiger partial charge in [0.25, 0.3) is 0 Å². The van der Waals surface area contributed by atoms with Gasteiger partial charge in [-0.3, -0.25) is 9.97 Å². The molecule has 0 aliphatic heterocycles. The van der Waals surface area contributed by atoms with Crippen molar-refractivity contribution in [3.63, 3.8) is 0 Å². The number of pyridine rings is 2. The molecule has 1 aliphatic rings. The third-order valence-electron chi connectivity index (χ3n) is 5.45. The predicted molar refractivity (Wildman–Crippen MR) is 130 cm³/mol. The van der Waals surface area contributed by atoms with Crippen LogP contribution in [0.1, 0.15) is 54.9 Å². The van der Waals surface area contributed by atoms with E-state index in [9.17, 15) is 0 Å². The molecule has 6 nitrogen and oxygen atoms in total. The molecule has 0 amide bonds. The maximum atomic E-state index is 5.79. The lowest BCUT2D eigenvalue weighted by molar-refractivity contribution is -0.0000655. The number of oxime groups is 2. The van der Waals surface area contributed by atoms with Crippen LogP contribution in [0.5, 0.6) is 0 Å². The van der Waals surface area contributed by atoms with Crippen molar-refractivity contribution in [3.8, 4) is 0 Å². The van der Waals surface area contributed by atoms with Crippen LogP contribution in [-0.2, 0) is 16.1 Å². The van der Waals surface area contributed by atoms with Crippen molar-refractivity contribution in [1.82, 2.24) is 9.97 Å². The lowest BCUT2D eigenvalue weighted by Gasteiger charge is -2.22. The normalized spacial score (nSPS) is 15.2. The quantitative estimate of drug-likeness (QED) is 0.349. The van der Waals surface area contributed by atoms with E-state index in [0.717, 1.165) is 47.6 Å². The van der Waals surface area contributed by atoms with Gasteiger partial charge in [-0.2, -0.15) is 0 Å². The van der Waals surface area contributed by atoms with Crippen LogP contribution < -0.4 is 0 Å². The van der Waals surface area contributed by atoms with Crippen LogP contribution in [0.15, 0.2) is 77.2 Å². The number of hydrogen-bond donors (Lipinski definition) is 0. The van der Waals surface area contributed by atoms with Crippen LogP contribution in [0, 0.1) is 12.3 Å². The van der Waals surface area contributed by atoms with Gasteiger partial charge in [-0.1, -0.05) is 66.6 Å². The van der Waals surface area contributed by atoms with E-state index in [4.69, 9.17) is 9.68 Å². The first-order valence-corrected chi connectivity index (χ1v) is 11.3. The average Bonchev–Trinajstić information content (AvgIpc) is 2.83. The highest BCUT2D eigenvalue weighted by Crippen LogP contribution is 2.22. The maximum Gasteiger partial charge on any atom is 0.135 e. The summed E-state index contributed by atoms with van der Waals surface area (Å²) in [5, 5.41) is 8.88. The lowest BCUT2D eigenvalue weighted by atomic mass is 9.94. The third-order valence-corrected chi connectivity index (χ3v) is 5.45. The topological polar surface area (TPSA) is 69.0 Å². The molecule has 0 fully saturated rings. The summed E-state index contributed by atoms with van der Waals surface area (Å²) < 4.78 is 0. The molecule has 6 heteroatoms. The molecule has 4 rings (SSSR count). The number of fused-ring (bicyclic) bond motifs is 1. The summed E-state index contributed by atoms with van der Waals surface area (Å²) in [6.07, 6.45) is 4.75. The predicted octanol–water partition coefficient (Wildman–Crippen LogP) is 5.34. The van der Waals surface area contributed by atoms with Crippen molar-refractivity contribution in [2.24, 2.45) is 15.7 Å². The summed E-state index contributed by atoms with van der Waals surface area (Å²) in [5.74, 6) is 0. The Morgan fingerprint density at radius 2 is 1.73 bits per heavy atom. The zero-order chi connectivity index (χ0) is 23.1. The van der Waals surface area contributed by atoms with E-state index < -0.39 is 0 Å². The molecule has 1 aliphatic carbocycles. The molecule has 1 aromatic carbocycles. The Hall–Kier alpha value is -3.54. The molecule has 0 spiro atoms. The van der Waals surface area contributed by atoms with Crippen LogP contribution in [0.3, 0.4) is 0 Å². The second kappa shape index (κ2) is 10.4. The Bertz CT molecular complexity index is 1080. The molecule has 2 heterocycles. The van der Waals surface area contributed by atoms with Gasteiger partial charge in [0.05, 0.1) is 11.4 Å². The molecule has 170 valence electrons. The second-order valence-electron chi connectivity index (χ2n) is 9.08. The summed E-state index contributed by atoms with van der Waals surface area (Å²) in [5.41, 5.74) is 6.29. The van der Waals surface area contributed by atoms with Crippen LogP contribution in [-0.4, -0.2) is 34.6 Å². The summed E-state index contributed by atoms with van der Waals surface area (Å²) in [6, 6.07) is 19.9. The summed E-state index contributed by atoms with van der Waals surface area (Å²) in [4.78, 5) is 20.7. The Labute approximate surface area is 195 Å². The molecule has 0 unspecified atom stereocenters. The molecule has 2 aromatic heterocycles. The van der Waals surface area contributed by atoms with Crippen LogP contribution in [0.25, 0.3) is 0 Å². The first kappa shape index (κ1) is 22.6. The summed E-state index contributed by atoms with van der Waals surface area (Å²) in [7, 11) is 0. The number of nitrogens with zero attached hydrogens (tertiary/aromatic N) is 4. The van der Waals surface area contributed by atoms with Crippen LogP contribution >= 0.6 is 0 Å². The zero-order valence-electron chi connectivity index (χ0n) is 19.5. The van der Waals surface area contributed by atoms with Gasteiger partial charge in [0.1, 0.15) is 24.6 Å². The summed E-state index contributed by atoms with van der Waals surface area (Å²) in [6.45, 7) is 6.95. The van der Waals surface area contributed by atoms with Gasteiger partial charge in [0.2, 0.25) is 0 Å². The van der Waals surface area contributed by atoms with Crippen LogP contribution in [0.2, 0.25) is 0 Å². The maximum absolute atomic E-state index is 5.79. The molecular weight excluding hydrogens is 412 g/mol. The minimum absolute atomic E-state index is 0.281. The Kier molecular flexibility index (Phi) is 7.13. The molecule has 0 saturated heterocycles. The standard InChI is InChI=1S/C27H30N4O2/c1-20-15-16-22-12-9-14-24(25(22)29-20)30-32-18-27(2,3)19-33-31-26(21-10-5-4-6-11-21)23-13-7-8-17-28-23/h4-8,10-11,13,15-17H,9,12,14,18-19H2,1-3H3/b30-24+,31-26+. The number of benzene rings is 1. The largest absolute Gasteiger partial charge is 0.395 e. The molecule has 0 bridgehead atoms. The van der Waals surface area contributed by atoms with E-state index in [1.165, 1.54) is 5.56 Å². The minimum Gasteiger partial charge on any atom is -0.395 e. The molecule has 33 heavy (non-hydrogen) atoms. The molecular formula is C27H30N4O2. The van der Waals surface area contributed by atoms with Gasteiger partial charge >= 0.3 is 0 Å². The molecule has 0 N–H and O–H groups in total. The van der Waals surface area contributed by atoms with Gasteiger partial charge in [0, 0.05) is 22.9 Å². The van der Waals surface area contributed by atoms with Crippen molar-refractivity contribution < 1.29 is 9.68 Å². The van der Waals surface area contributed by atoms with Gasteiger partial charge in [-0.15, -0.1) is 0 Å². The Morgan fingerprint density at radius 1 is 0.939 bits per heavy atom. The van der Waals surface area contributed by atoms with Gasteiger partial charge in [0.15, 0.2) is 0 Å². The number of rotatable bonds is 8. The van der Waals surface area contributed by atoms with E-state index in [-0.39, 0.29) is 5.41 Å². The van der Waals surface area contributed by atoms with Crippen molar-refractivity contribution in [3.05, 3.63) is 95.1 Å². The van der Waals surface area contributed by atoms with Crippen molar-refractivity contribution in [1.29, 1.82) is 0 Å². The van der Waals surface area contributed by atoms with Gasteiger partial charge < -0.3 is 9.68 Å². The molecule has 0 saturated carbocycles. The van der Waals surface area contributed by atoms with Gasteiger partial charge in [-0.25, -0.2) is 0 Å². The van der Waals surface area contributed by atoms with Crippen molar-refractivity contribution in [2.45, 2.75) is 40.0 Å². The third kappa shape index (κ3) is 6.04. The van der Waals surface area contributed by atoms with Crippen molar-refractivity contribution in [2.75, 3.05) is 13.2 Å². The minimum atomic E-state index is -0.281. The number of aryl methyl sites for hydroxylation is 2. The molecule has 3 aromatic rings. The van der Waals surface area contributed by atoms with E-state index in [1.54, 1.807) is 6.20 Å². The summed E-state index contributed by atoms with van der Waals surface area (Å²) >= 11 is 0. The second-order valence-corrected chi connectivity index (χ2v) is 9.08. The van der Waals surface area contributed by atoms with E-state index in [1.807, 2.05) is 55.5 Å². The first-order valence-electron chi connectivity index (χ1n) is 11.3. The first-order chi connectivity index (χ1) is 16.0. The fourth-order valence-corrected chi connectivity index (χ4v) is 3.64. The van der Waals surface area contributed by atoms with E-state index >= 15 is 0 Å². The lowest BCUT2D eigenvalue weighted by Crippen LogP contribution is -2.25. The number of hydrogen-bond acceptors (Lipinski definition) is 6. The Morgan fingerprint density at radius 3 is 2.52 bits per heavy atom. The van der Waals surface area contributed by atoms with Crippen molar-refractivity contribution >= 4 is 11.4 Å². The highest BCUT2D eigenvalue weighted by atomic mass is 16.6.